The molecule has 0 saturated heterocycles. The molecule has 4 rings (SSSR count). The first-order valence-corrected chi connectivity index (χ1v) is 7.33. The van der Waals surface area contributed by atoms with Crippen molar-refractivity contribution in [1.82, 2.24) is 29.1 Å². The highest BCUT2D eigenvalue weighted by Crippen LogP contribution is 2.20. The number of fused-ring (bicyclic) bond motifs is 1. The average molecular weight is 384 g/mol. The van der Waals surface area contributed by atoms with E-state index in [0.29, 0.717) is 0 Å². The Kier molecular flexibility index (Phi) is 2.92. The predicted molar refractivity (Wildman–Crippen MR) is 86.1 cm³/mol. The molecule has 7 heteroatoms. The first-order chi connectivity index (χ1) is 10.3. The fraction of sp³-hybridized carbons (Fsp3) is 0. The smallest absolute Gasteiger partial charge is 0.155 e. The monoisotopic (exact) mass is 384 g/mol. The molecule has 0 radical (unpaired) electrons. The summed E-state index contributed by atoms with van der Waals surface area (Å²) in [5, 5.41) is 4.06. The quantitative estimate of drug-likeness (QED) is 0.499. The Labute approximate surface area is 133 Å². The van der Waals surface area contributed by atoms with E-state index in [9.17, 15) is 0 Å². The number of hydrogen-bond donors (Lipinski definition) is 0. The van der Waals surface area contributed by atoms with Crippen LogP contribution in [0.1, 0.15) is 0 Å². The topological polar surface area (TPSA) is 60.9 Å². The molecule has 21 heavy (non-hydrogen) atoms. The van der Waals surface area contributed by atoms with Crippen molar-refractivity contribution in [2.45, 2.75) is 0 Å². The van der Waals surface area contributed by atoms with Crippen LogP contribution in [0.2, 0.25) is 0 Å². The molecule has 0 spiro atoms. The van der Waals surface area contributed by atoms with Crippen molar-refractivity contribution in [1.29, 1.82) is 0 Å². The van der Waals surface area contributed by atoms with Gasteiger partial charge in [-0.15, -0.1) is 0 Å². The summed E-state index contributed by atoms with van der Waals surface area (Å²) in [6.45, 7) is 0. The van der Waals surface area contributed by atoms with E-state index in [1.165, 1.54) is 9.90 Å². The Hall–Kier alpha value is -2.29. The van der Waals surface area contributed by atoms with Crippen molar-refractivity contribution in [3.05, 3.63) is 59.1 Å². The van der Waals surface area contributed by atoms with Gasteiger partial charge in [-0.05, 0) is 46.9 Å². The SMILES string of the molecule is [123I]c1ccc2nc(-c3ccc(-n4cncn4)nc3)cn2c1. The number of aromatic nitrogens is 6. The molecular weight excluding hydrogens is 375 g/mol. The highest BCUT2D eigenvalue weighted by molar-refractivity contribution is 14.1. The fourth-order valence-electron chi connectivity index (χ4n) is 2.10. The number of imidazole rings is 1. The highest BCUT2D eigenvalue weighted by atomic mass is 123. The number of halogens is 1. The first kappa shape index (κ1) is 12.5. The van der Waals surface area contributed by atoms with Crippen LogP contribution in [-0.4, -0.2) is 29.1 Å². The van der Waals surface area contributed by atoms with Crippen molar-refractivity contribution in [3.8, 4) is 17.1 Å². The zero-order chi connectivity index (χ0) is 14.2. The lowest BCUT2D eigenvalue weighted by molar-refractivity contribution is 0.845. The van der Waals surface area contributed by atoms with Crippen molar-refractivity contribution in [2.24, 2.45) is 0 Å². The second-order valence-corrected chi connectivity index (χ2v) is 5.73. The molecule has 0 aliphatic carbocycles. The Bertz CT molecular complexity index is 895. The standard InChI is InChI=1S/C14H9IN6/c15-11-2-4-14-19-12(7-20(14)6-11)10-1-3-13(17-5-10)21-9-16-8-18-21/h1-9H/i15-4. The zero-order valence-corrected chi connectivity index (χ0v) is 12.9. The van der Waals surface area contributed by atoms with E-state index in [2.05, 4.69) is 42.6 Å². The van der Waals surface area contributed by atoms with Gasteiger partial charge in [0.15, 0.2) is 5.82 Å². The molecule has 4 heterocycles. The Morgan fingerprint density at radius 2 is 2.00 bits per heavy atom. The van der Waals surface area contributed by atoms with E-state index in [1.54, 1.807) is 17.2 Å². The van der Waals surface area contributed by atoms with Crippen LogP contribution in [0.25, 0.3) is 22.7 Å². The third-order valence-electron chi connectivity index (χ3n) is 3.11. The summed E-state index contributed by atoms with van der Waals surface area (Å²) in [4.78, 5) is 12.9. The highest BCUT2D eigenvalue weighted by Gasteiger charge is 2.06. The number of rotatable bonds is 2. The molecule has 0 aromatic carbocycles. The van der Waals surface area contributed by atoms with Crippen LogP contribution in [0, 0.1) is 3.57 Å². The molecule has 0 bridgehead atoms. The van der Waals surface area contributed by atoms with Crippen LogP contribution >= 0.6 is 22.6 Å². The Balaban J connectivity index is 1.74. The third kappa shape index (κ3) is 2.29. The molecule has 0 atom stereocenters. The summed E-state index contributed by atoms with van der Waals surface area (Å²) in [5.41, 5.74) is 2.79. The van der Waals surface area contributed by atoms with Crippen molar-refractivity contribution in [3.63, 3.8) is 0 Å². The van der Waals surface area contributed by atoms with Gasteiger partial charge in [0.2, 0.25) is 0 Å². The minimum absolute atomic E-state index is 0.731. The van der Waals surface area contributed by atoms with E-state index in [0.717, 1.165) is 22.7 Å². The normalized spacial score (nSPS) is 11.1. The van der Waals surface area contributed by atoms with Gasteiger partial charge >= 0.3 is 0 Å². The van der Waals surface area contributed by atoms with Crippen LogP contribution < -0.4 is 0 Å². The number of hydrogen-bond acceptors (Lipinski definition) is 4. The van der Waals surface area contributed by atoms with Crippen molar-refractivity contribution < 1.29 is 0 Å². The molecular formula is C14H9IN6. The van der Waals surface area contributed by atoms with Gasteiger partial charge in [-0.25, -0.2) is 19.6 Å². The summed E-state index contributed by atoms with van der Waals surface area (Å²) < 4.78 is 4.81. The zero-order valence-electron chi connectivity index (χ0n) is 10.8. The van der Waals surface area contributed by atoms with Gasteiger partial charge in [0.1, 0.15) is 18.3 Å². The van der Waals surface area contributed by atoms with Gasteiger partial charge in [0, 0.05) is 27.7 Å². The predicted octanol–water partition coefficient (Wildman–Crippen LogP) is 2.58. The van der Waals surface area contributed by atoms with Gasteiger partial charge < -0.3 is 4.40 Å². The minimum atomic E-state index is 0.731. The lowest BCUT2D eigenvalue weighted by Gasteiger charge is -2.00. The second kappa shape index (κ2) is 4.92. The fourth-order valence-corrected chi connectivity index (χ4v) is 2.58. The van der Waals surface area contributed by atoms with Gasteiger partial charge in [0.25, 0.3) is 0 Å². The number of nitrogens with zero attached hydrogens (tertiary/aromatic N) is 6. The molecule has 0 N–H and O–H groups in total. The summed E-state index contributed by atoms with van der Waals surface area (Å²) in [5.74, 6) is 0.731. The second-order valence-electron chi connectivity index (χ2n) is 4.48. The summed E-state index contributed by atoms with van der Waals surface area (Å²) in [6, 6.07) is 7.93. The largest absolute Gasteiger partial charge is 0.305 e. The maximum Gasteiger partial charge on any atom is 0.155 e. The molecule has 0 aliphatic heterocycles. The maximum atomic E-state index is 4.60. The molecule has 102 valence electrons. The van der Waals surface area contributed by atoms with E-state index in [1.807, 2.05) is 41.1 Å². The first-order valence-electron chi connectivity index (χ1n) is 6.25. The van der Waals surface area contributed by atoms with Crippen LogP contribution in [-0.2, 0) is 0 Å². The van der Waals surface area contributed by atoms with Crippen LogP contribution in [0.3, 0.4) is 0 Å². The van der Waals surface area contributed by atoms with Gasteiger partial charge in [0.05, 0.1) is 5.69 Å². The van der Waals surface area contributed by atoms with Crippen LogP contribution in [0.15, 0.2) is 55.5 Å². The van der Waals surface area contributed by atoms with E-state index < -0.39 is 0 Å². The summed E-state index contributed by atoms with van der Waals surface area (Å²) >= 11 is 2.29. The minimum Gasteiger partial charge on any atom is -0.305 e. The lowest BCUT2D eigenvalue weighted by Crippen LogP contribution is -1.97. The molecule has 0 aliphatic rings. The average Bonchev–Trinajstić information content (AvgIpc) is 3.16. The molecule has 0 unspecified atom stereocenters. The molecule has 0 fully saturated rings. The Morgan fingerprint density at radius 1 is 1.05 bits per heavy atom. The van der Waals surface area contributed by atoms with Crippen molar-refractivity contribution >= 4 is 28.2 Å². The van der Waals surface area contributed by atoms with E-state index in [-0.39, 0.29) is 0 Å². The molecule has 0 amide bonds. The van der Waals surface area contributed by atoms with Gasteiger partial charge in [-0.1, -0.05) is 0 Å². The molecule has 0 saturated carbocycles. The van der Waals surface area contributed by atoms with Crippen LogP contribution in [0.5, 0.6) is 0 Å². The van der Waals surface area contributed by atoms with Crippen molar-refractivity contribution in [2.75, 3.05) is 0 Å². The Morgan fingerprint density at radius 3 is 2.76 bits per heavy atom. The van der Waals surface area contributed by atoms with Crippen LogP contribution in [0.4, 0.5) is 0 Å². The number of pyridine rings is 2. The molecule has 6 nitrogen and oxygen atoms in total. The summed E-state index contributed by atoms with van der Waals surface area (Å²) in [6.07, 6.45) is 8.95. The third-order valence-corrected chi connectivity index (χ3v) is 3.75. The molecule has 4 aromatic heterocycles. The van der Waals surface area contributed by atoms with Gasteiger partial charge in [-0.3, -0.25) is 0 Å². The van der Waals surface area contributed by atoms with Gasteiger partial charge in [-0.2, -0.15) is 5.10 Å². The molecule has 4 aromatic rings. The van der Waals surface area contributed by atoms with E-state index >= 15 is 0 Å². The maximum absolute atomic E-state index is 4.60. The lowest BCUT2D eigenvalue weighted by atomic mass is 10.2. The summed E-state index contributed by atoms with van der Waals surface area (Å²) in [7, 11) is 0. The van der Waals surface area contributed by atoms with E-state index in [4.69, 9.17) is 0 Å².